The van der Waals surface area contributed by atoms with Crippen molar-refractivity contribution in [1.82, 2.24) is 10.2 Å². The van der Waals surface area contributed by atoms with E-state index in [2.05, 4.69) is 10.2 Å². The lowest BCUT2D eigenvalue weighted by Crippen LogP contribution is -1.93. The summed E-state index contributed by atoms with van der Waals surface area (Å²) in [4.78, 5) is 0. The van der Waals surface area contributed by atoms with E-state index in [-0.39, 0.29) is 0 Å². The summed E-state index contributed by atoms with van der Waals surface area (Å²) in [6.07, 6.45) is 2.43. The molecule has 0 saturated heterocycles. The summed E-state index contributed by atoms with van der Waals surface area (Å²) in [5.74, 6) is 1.03. The highest BCUT2D eigenvalue weighted by atomic mass is 15.2. The van der Waals surface area contributed by atoms with Gasteiger partial charge in [-0.1, -0.05) is 0 Å². The van der Waals surface area contributed by atoms with Crippen molar-refractivity contribution >= 4 is 11.5 Å². The van der Waals surface area contributed by atoms with Crippen LogP contribution in [0, 0.1) is 0 Å². The molecule has 5 N–H and O–H groups in total. The molecule has 1 heterocycles. The molecule has 0 aromatic carbocycles. The fraction of sp³-hybridized carbons (Fsp3) is 0.500. The highest BCUT2D eigenvalue weighted by molar-refractivity contribution is 5.62. The Balaban J connectivity index is 2.40. The Hall–Kier alpha value is -1.19. The minimum absolute atomic E-state index is 0.432. The number of hydrogen-bond donors (Lipinski definition) is 3. The molecule has 0 radical (unpaired) electrons. The largest absolute Gasteiger partial charge is 0.394 e. The van der Waals surface area contributed by atoms with Crippen LogP contribution in [0.15, 0.2) is 0 Å². The first-order chi connectivity index (χ1) is 4.79. The third-order valence-corrected chi connectivity index (χ3v) is 1.85. The van der Waals surface area contributed by atoms with Gasteiger partial charge >= 0.3 is 0 Å². The number of aromatic amines is 1. The monoisotopic (exact) mass is 138 g/mol. The highest BCUT2D eigenvalue weighted by Crippen LogP contribution is 2.42. The zero-order valence-corrected chi connectivity index (χ0v) is 5.59. The number of nitrogens with zero attached hydrogens (tertiary/aromatic N) is 1. The van der Waals surface area contributed by atoms with E-state index in [9.17, 15) is 0 Å². The molecule has 1 aliphatic rings. The molecule has 1 aromatic rings. The van der Waals surface area contributed by atoms with Gasteiger partial charge in [-0.2, -0.15) is 5.10 Å². The third-order valence-electron chi connectivity index (χ3n) is 1.85. The summed E-state index contributed by atoms with van der Waals surface area (Å²) in [7, 11) is 0. The Kier molecular flexibility index (Phi) is 0.922. The summed E-state index contributed by atoms with van der Waals surface area (Å²) in [5, 5.41) is 6.64. The predicted molar refractivity (Wildman–Crippen MR) is 39.4 cm³/mol. The number of hydrogen-bond acceptors (Lipinski definition) is 3. The fourth-order valence-corrected chi connectivity index (χ4v) is 1.06. The topological polar surface area (TPSA) is 80.7 Å². The standard InChI is InChI=1S/C6H10N4/c7-4-5(3-1-2-3)9-10-6(4)8/h3H,1-2,7H2,(H3,8,9,10). The normalized spacial score (nSPS) is 17.6. The summed E-state index contributed by atoms with van der Waals surface area (Å²) in [5.41, 5.74) is 12.7. The van der Waals surface area contributed by atoms with Gasteiger partial charge in [0.1, 0.15) is 0 Å². The molecule has 4 heteroatoms. The molecule has 54 valence electrons. The Morgan fingerprint density at radius 1 is 1.40 bits per heavy atom. The van der Waals surface area contributed by atoms with Crippen molar-refractivity contribution in [3.8, 4) is 0 Å². The zero-order chi connectivity index (χ0) is 7.14. The van der Waals surface area contributed by atoms with Crippen LogP contribution in [0.5, 0.6) is 0 Å². The van der Waals surface area contributed by atoms with Crippen LogP contribution in [0.1, 0.15) is 24.5 Å². The first-order valence-corrected chi connectivity index (χ1v) is 3.38. The van der Waals surface area contributed by atoms with E-state index in [1.54, 1.807) is 0 Å². The van der Waals surface area contributed by atoms with Gasteiger partial charge in [-0.25, -0.2) is 0 Å². The van der Waals surface area contributed by atoms with Crippen LogP contribution < -0.4 is 11.5 Å². The summed E-state index contributed by atoms with van der Waals surface area (Å²) in [6.45, 7) is 0. The lowest BCUT2D eigenvalue weighted by molar-refractivity contribution is 0.969. The summed E-state index contributed by atoms with van der Waals surface area (Å²) >= 11 is 0. The van der Waals surface area contributed by atoms with Gasteiger partial charge < -0.3 is 11.5 Å². The Morgan fingerprint density at radius 2 is 2.10 bits per heavy atom. The van der Waals surface area contributed by atoms with Gasteiger partial charge in [0.15, 0.2) is 5.82 Å². The van der Waals surface area contributed by atoms with E-state index in [4.69, 9.17) is 11.5 Å². The molecule has 1 aromatic heterocycles. The minimum Gasteiger partial charge on any atom is -0.394 e. The number of anilines is 2. The molecular weight excluding hydrogens is 128 g/mol. The Labute approximate surface area is 58.6 Å². The van der Waals surface area contributed by atoms with Gasteiger partial charge in [0.2, 0.25) is 0 Å². The van der Waals surface area contributed by atoms with Crippen LogP contribution in [0.25, 0.3) is 0 Å². The SMILES string of the molecule is Nc1n[nH]c(C2CC2)c1N. The molecule has 0 unspecified atom stereocenters. The average molecular weight is 138 g/mol. The van der Waals surface area contributed by atoms with Crippen molar-refractivity contribution in [2.24, 2.45) is 0 Å². The van der Waals surface area contributed by atoms with Crippen molar-refractivity contribution in [2.45, 2.75) is 18.8 Å². The molecule has 0 bridgehead atoms. The number of nitrogen functional groups attached to an aromatic ring is 2. The van der Waals surface area contributed by atoms with Gasteiger partial charge in [0, 0.05) is 5.92 Å². The second-order valence-electron chi connectivity index (χ2n) is 2.71. The van der Waals surface area contributed by atoms with Crippen LogP contribution in [-0.2, 0) is 0 Å². The van der Waals surface area contributed by atoms with Crippen molar-refractivity contribution < 1.29 is 0 Å². The van der Waals surface area contributed by atoms with Crippen LogP contribution in [0.3, 0.4) is 0 Å². The number of nitrogens with one attached hydrogen (secondary N) is 1. The predicted octanol–water partition coefficient (Wildman–Crippen LogP) is 0.451. The number of H-pyrrole nitrogens is 1. The fourth-order valence-electron chi connectivity index (χ4n) is 1.06. The molecule has 0 atom stereocenters. The van der Waals surface area contributed by atoms with Crippen molar-refractivity contribution in [3.63, 3.8) is 0 Å². The quantitative estimate of drug-likeness (QED) is 0.527. The van der Waals surface area contributed by atoms with Gasteiger partial charge in [0.05, 0.1) is 11.4 Å². The molecule has 0 aliphatic heterocycles. The van der Waals surface area contributed by atoms with Gasteiger partial charge in [-0.05, 0) is 12.8 Å². The molecule has 1 aliphatic carbocycles. The molecular formula is C6H10N4. The molecule has 4 nitrogen and oxygen atoms in total. The van der Waals surface area contributed by atoms with E-state index in [0.717, 1.165) is 5.69 Å². The van der Waals surface area contributed by atoms with Gasteiger partial charge in [0.25, 0.3) is 0 Å². The Bertz CT molecular complexity index is 248. The van der Waals surface area contributed by atoms with E-state index in [0.29, 0.717) is 17.4 Å². The van der Waals surface area contributed by atoms with Gasteiger partial charge in [-0.3, -0.25) is 5.10 Å². The van der Waals surface area contributed by atoms with Crippen molar-refractivity contribution in [3.05, 3.63) is 5.69 Å². The summed E-state index contributed by atoms with van der Waals surface area (Å²) < 4.78 is 0. The first-order valence-electron chi connectivity index (χ1n) is 3.38. The van der Waals surface area contributed by atoms with Crippen molar-refractivity contribution in [2.75, 3.05) is 11.5 Å². The molecule has 2 rings (SSSR count). The zero-order valence-electron chi connectivity index (χ0n) is 5.59. The van der Waals surface area contributed by atoms with E-state index in [1.165, 1.54) is 12.8 Å². The molecule has 0 spiro atoms. The maximum absolute atomic E-state index is 5.62. The summed E-state index contributed by atoms with van der Waals surface area (Å²) in [6, 6.07) is 0. The molecule has 1 fully saturated rings. The average Bonchev–Trinajstić information content (AvgIpc) is 2.67. The lowest BCUT2D eigenvalue weighted by atomic mass is 10.2. The van der Waals surface area contributed by atoms with Crippen molar-refractivity contribution in [1.29, 1.82) is 0 Å². The smallest absolute Gasteiger partial charge is 0.168 e. The maximum Gasteiger partial charge on any atom is 0.168 e. The van der Waals surface area contributed by atoms with Crippen LogP contribution in [0.2, 0.25) is 0 Å². The minimum atomic E-state index is 0.432. The van der Waals surface area contributed by atoms with Crippen LogP contribution >= 0.6 is 0 Å². The second kappa shape index (κ2) is 1.65. The van der Waals surface area contributed by atoms with Crippen LogP contribution in [-0.4, -0.2) is 10.2 Å². The number of nitrogens with two attached hydrogens (primary N) is 2. The van der Waals surface area contributed by atoms with E-state index < -0.39 is 0 Å². The maximum atomic E-state index is 5.62. The highest BCUT2D eigenvalue weighted by Gasteiger charge is 2.28. The third kappa shape index (κ3) is 0.650. The second-order valence-corrected chi connectivity index (χ2v) is 2.71. The Morgan fingerprint density at radius 3 is 2.50 bits per heavy atom. The van der Waals surface area contributed by atoms with E-state index >= 15 is 0 Å². The molecule has 0 amide bonds. The molecule has 1 saturated carbocycles. The number of rotatable bonds is 1. The first kappa shape index (κ1) is 5.58. The van der Waals surface area contributed by atoms with Gasteiger partial charge in [-0.15, -0.1) is 0 Å². The number of aromatic nitrogens is 2. The molecule has 10 heavy (non-hydrogen) atoms. The van der Waals surface area contributed by atoms with E-state index in [1.807, 2.05) is 0 Å². The van der Waals surface area contributed by atoms with Crippen LogP contribution in [0.4, 0.5) is 11.5 Å². The lowest BCUT2D eigenvalue weighted by Gasteiger charge is -1.91.